The molecule has 0 fully saturated rings. The lowest BCUT2D eigenvalue weighted by atomic mass is 10.1. The van der Waals surface area contributed by atoms with Gasteiger partial charge in [0.15, 0.2) is 0 Å². The number of benzene rings is 1. The molecule has 1 amide bonds. The molecule has 3 heterocycles. The molecule has 1 aromatic carbocycles. The Balaban J connectivity index is 1.55. The molecule has 0 atom stereocenters. The second kappa shape index (κ2) is 8.40. The fourth-order valence-corrected chi connectivity index (χ4v) is 3.43. The molecule has 0 aliphatic carbocycles. The Bertz CT molecular complexity index is 1120. The third-order valence-corrected chi connectivity index (χ3v) is 5.10. The molecule has 1 N–H and O–H groups in total. The van der Waals surface area contributed by atoms with Crippen LogP contribution in [0.25, 0.3) is 11.5 Å². The molecule has 0 unspecified atom stereocenters. The molecule has 0 saturated carbocycles. The SMILES string of the molecule is CCc1c(C(=O)NCc2cccnc2-n2ccnc2)cnn1-c1ccc(Br)cc1. The number of rotatable bonds is 6. The van der Waals surface area contributed by atoms with Gasteiger partial charge in [0, 0.05) is 35.2 Å². The minimum Gasteiger partial charge on any atom is -0.348 e. The average Bonchev–Trinajstić information content (AvgIpc) is 3.42. The lowest BCUT2D eigenvalue weighted by molar-refractivity contribution is 0.0950. The molecular weight excluding hydrogens is 432 g/mol. The van der Waals surface area contributed by atoms with Crippen LogP contribution in [0, 0.1) is 0 Å². The molecule has 0 radical (unpaired) electrons. The first kappa shape index (κ1) is 19.1. The van der Waals surface area contributed by atoms with Crippen LogP contribution in [0.1, 0.15) is 28.5 Å². The molecule has 0 saturated heterocycles. The van der Waals surface area contributed by atoms with Crippen LogP contribution < -0.4 is 5.32 Å². The smallest absolute Gasteiger partial charge is 0.255 e. The minimum absolute atomic E-state index is 0.161. The van der Waals surface area contributed by atoms with Crippen molar-refractivity contribution in [2.75, 3.05) is 0 Å². The van der Waals surface area contributed by atoms with Gasteiger partial charge in [-0.05, 0) is 36.8 Å². The van der Waals surface area contributed by atoms with Crippen LogP contribution in [0.4, 0.5) is 0 Å². The number of carbonyl (C=O) groups excluding carboxylic acids is 1. The molecule has 4 aromatic rings. The molecule has 0 aliphatic heterocycles. The number of pyridine rings is 1. The van der Waals surface area contributed by atoms with Crippen LogP contribution in [0.3, 0.4) is 0 Å². The van der Waals surface area contributed by atoms with Crippen LogP contribution >= 0.6 is 15.9 Å². The van der Waals surface area contributed by atoms with E-state index in [9.17, 15) is 4.79 Å². The Labute approximate surface area is 176 Å². The number of hydrogen-bond acceptors (Lipinski definition) is 4. The Morgan fingerprint density at radius 1 is 1.17 bits per heavy atom. The number of imidazole rings is 1. The Morgan fingerprint density at radius 2 is 2.00 bits per heavy atom. The van der Waals surface area contributed by atoms with Crippen molar-refractivity contribution in [3.8, 4) is 11.5 Å². The van der Waals surface area contributed by atoms with Gasteiger partial charge in [0.05, 0.1) is 23.1 Å². The maximum atomic E-state index is 12.9. The first-order valence-corrected chi connectivity index (χ1v) is 10.00. The first-order valence-electron chi connectivity index (χ1n) is 9.20. The topological polar surface area (TPSA) is 77.6 Å². The highest BCUT2D eigenvalue weighted by Crippen LogP contribution is 2.19. The zero-order valence-corrected chi connectivity index (χ0v) is 17.4. The number of carbonyl (C=O) groups is 1. The van der Waals surface area contributed by atoms with E-state index in [2.05, 4.69) is 36.3 Å². The molecular formula is C21H19BrN6O. The summed E-state index contributed by atoms with van der Waals surface area (Å²) in [6.07, 6.45) is 9.23. The molecule has 3 aromatic heterocycles. The van der Waals surface area contributed by atoms with Crippen LogP contribution in [-0.2, 0) is 13.0 Å². The van der Waals surface area contributed by atoms with E-state index in [1.165, 1.54) is 0 Å². The zero-order chi connectivity index (χ0) is 20.2. The van der Waals surface area contributed by atoms with Crippen LogP contribution in [-0.4, -0.2) is 30.2 Å². The molecule has 29 heavy (non-hydrogen) atoms. The Kier molecular flexibility index (Phi) is 5.53. The van der Waals surface area contributed by atoms with Gasteiger partial charge in [0.2, 0.25) is 0 Å². The summed E-state index contributed by atoms with van der Waals surface area (Å²) >= 11 is 3.44. The highest BCUT2D eigenvalue weighted by atomic mass is 79.9. The van der Waals surface area contributed by atoms with Gasteiger partial charge < -0.3 is 5.32 Å². The van der Waals surface area contributed by atoms with Gasteiger partial charge in [-0.15, -0.1) is 0 Å². The van der Waals surface area contributed by atoms with Crippen LogP contribution in [0.15, 0.2) is 72.0 Å². The molecule has 0 aliphatic rings. The van der Waals surface area contributed by atoms with Crippen LogP contribution in [0.2, 0.25) is 0 Å². The quantitative estimate of drug-likeness (QED) is 0.485. The Morgan fingerprint density at radius 3 is 2.72 bits per heavy atom. The summed E-state index contributed by atoms with van der Waals surface area (Å²) in [5.74, 6) is 0.581. The highest BCUT2D eigenvalue weighted by molar-refractivity contribution is 9.10. The van der Waals surface area contributed by atoms with Gasteiger partial charge in [-0.25, -0.2) is 14.6 Å². The summed E-state index contributed by atoms with van der Waals surface area (Å²) in [5.41, 5.74) is 3.25. The lowest BCUT2D eigenvalue weighted by Crippen LogP contribution is -2.24. The van der Waals surface area contributed by atoms with E-state index in [0.717, 1.165) is 27.2 Å². The van der Waals surface area contributed by atoms with E-state index in [1.54, 1.807) is 24.9 Å². The van der Waals surface area contributed by atoms with Crippen molar-refractivity contribution in [1.82, 2.24) is 29.6 Å². The second-order valence-electron chi connectivity index (χ2n) is 6.39. The fraction of sp³-hybridized carbons (Fsp3) is 0.143. The fourth-order valence-electron chi connectivity index (χ4n) is 3.16. The van der Waals surface area contributed by atoms with Crippen molar-refractivity contribution in [3.05, 3.63) is 88.8 Å². The second-order valence-corrected chi connectivity index (χ2v) is 7.30. The molecule has 8 heteroatoms. The van der Waals surface area contributed by atoms with Crippen molar-refractivity contribution in [1.29, 1.82) is 0 Å². The van der Waals surface area contributed by atoms with Gasteiger partial charge in [-0.2, -0.15) is 5.10 Å². The predicted octanol–water partition coefficient (Wildman–Crippen LogP) is 3.71. The summed E-state index contributed by atoms with van der Waals surface area (Å²) in [7, 11) is 0. The normalized spacial score (nSPS) is 10.8. The standard InChI is InChI=1S/C21H19BrN6O/c1-2-19-18(13-26-28(19)17-7-5-16(22)6-8-17)21(29)25-12-15-4-3-9-24-20(15)27-11-10-23-14-27/h3-11,13-14H,2,12H2,1H3,(H,25,29). The van der Waals surface area contributed by atoms with Crippen molar-refractivity contribution in [3.63, 3.8) is 0 Å². The van der Waals surface area contributed by atoms with E-state index >= 15 is 0 Å². The number of nitrogens with one attached hydrogen (secondary N) is 1. The highest BCUT2D eigenvalue weighted by Gasteiger charge is 2.17. The van der Waals surface area contributed by atoms with E-state index < -0.39 is 0 Å². The zero-order valence-electron chi connectivity index (χ0n) is 15.8. The molecule has 7 nitrogen and oxygen atoms in total. The molecule has 0 bridgehead atoms. The summed E-state index contributed by atoms with van der Waals surface area (Å²) in [4.78, 5) is 21.4. The van der Waals surface area contributed by atoms with Crippen molar-refractivity contribution in [2.24, 2.45) is 0 Å². The number of halogens is 1. The predicted molar refractivity (Wildman–Crippen MR) is 113 cm³/mol. The number of hydrogen-bond donors (Lipinski definition) is 1. The van der Waals surface area contributed by atoms with Crippen molar-refractivity contribution in [2.45, 2.75) is 19.9 Å². The Hall–Kier alpha value is -3.26. The van der Waals surface area contributed by atoms with Crippen LogP contribution in [0.5, 0.6) is 0 Å². The third kappa shape index (κ3) is 3.97. The van der Waals surface area contributed by atoms with E-state index in [0.29, 0.717) is 18.5 Å². The maximum absolute atomic E-state index is 12.9. The molecule has 146 valence electrons. The number of nitrogens with zero attached hydrogens (tertiary/aromatic N) is 5. The van der Waals surface area contributed by atoms with Crippen molar-refractivity contribution < 1.29 is 4.79 Å². The van der Waals surface area contributed by atoms with E-state index in [-0.39, 0.29) is 5.91 Å². The van der Waals surface area contributed by atoms with E-state index in [1.807, 2.05) is 58.8 Å². The van der Waals surface area contributed by atoms with Gasteiger partial charge in [-0.1, -0.05) is 28.9 Å². The monoisotopic (exact) mass is 450 g/mol. The summed E-state index contributed by atoms with van der Waals surface area (Å²) < 4.78 is 4.63. The number of amides is 1. The lowest BCUT2D eigenvalue weighted by Gasteiger charge is -2.11. The summed E-state index contributed by atoms with van der Waals surface area (Å²) in [5, 5.41) is 7.43. The van der Waals surface area contributed by atoms with Gasteiger partial charge in [0.1, 0.15) is 12.1 Å². The van der Waals surface area contributed by atoms with Crippen molar-refractivity contribution >= 4 is 21.8 Å². The number of aromatic nitrogens is 5. The van der Waals surface area contributed by atoms with Gasteiger partial charge in [-0.3, -0.25) is 9.36 Å². The average molecular weight is 451 g/mol. The minimum atomic E-state index is -0.161. The van der Waals surface area contributed by atoms with Gasteiger partial charge >= 0.3 is 0 Å². The van der Waals surface area contributed by atoms with Gasteiger partial charge in [0.25, 0.3) is 5.91 Å². The first-order chi connectivity index (χ1) is 14.2. The summed E-state index contributed by atoms with van der Waals surface area (Å²) in [6.45, 7) is 2.37. The third-order valence-electron chi connectivity index (χ3n) is 4.58. The van der Waals surface area contributed by atoms with E-state index in [4.69, 9.17) is 0 Å². The maximum Gasteiger partial charge on any atom is 0.255 e. The molecule has 4 rings (SSSR count). The largest absolute Gasteiger partial charge is 0.348 e. The summed E-state index contributed by atoms with van der Waals surface area (Å²) in [6, 6.07) is 11.6. The molecule has 0 spiro atoms.